The molecule has 3 heterocycles. The van der Waals surface area contributed by atoms with Gasteiger partial charge in [-0.25, -0.2) is 0 Å². The fourth-order valence-electron chi connectivity index (χ4n) is 4.18. The zero-order valence-electron chi connectivity index (χ0n) is 17.5. The average Bonchev–Trinajstić information content (AvgIpc) is 2.92. The van der Waals surface area contributed by atoms with Gasteiger partial charge in [0, 0.05) is 50.7 Å². The second-order valence-corrected chi connectivity index (χ2v) is 7.96. The van der Waals surface area contributed by atoms with Crippen LogP contribution >= 0.6 is 0 Å². The van der Waals surface area contributed by atoms with Crippen molar-refractivity contribution in [1.82, 2.24) is 20.1 Å². The number of amides is 1. The Morgan fingerprint density at radius 3 is 2.87 bits per heavy atom. The van der Waals surface area contributed by atoms with Crippen molar-refractivity contribution in [2.24, 2.45) is 0 Å². The molecule has 7 heteroatoms. The molecule has 2 aromatic rings. The third-order valence-electron chi connectivity index (χ3n) is 5.63. The van der Waals surface area contributed by atoms with Crippen molar-refractivity contribution < 1.29 is 14.3 Å². The molecule has 2 aliphatic heterocycles. The summed E-state index contributed by atoms with van der Waals surface area (Å²) in [6.07, 6.45) is 3.70. The second-order valence-electron chi connectivity index (χ2n) is 7.96. The number of carbonyl (C=O) groups is 1. The Balaban J connectivity index is 1.37. The molecule has 1 fully saturated rings. The number of nitrogens with zero attached hydrogens (tertiary/aromatic N) is 3. The number of ether oxygens (including phenoxy) is 2. The first-order chi connectivity index (χ1) is 14.7. The molecule has 1 saturated heterocycles. The Kier molecular flexibility index (Phi) is 6.94. The van der Waals surface area contributed by atoms with Crippen molar-refractivity contribution in [2.75, 3.05) is 45.9 Å². The zero-order chi connectivity index (χ0) is 20.8. The minimum absolute atomic E-state index is 0.0312. The van der Waals surface area contributed by atoms with E-state index in [1.54, 1.807) is 6.20 Å². The van der Waals surface area contributed by atoms with E-state index in [1.807, 2.05) is 37.4 Å². The van der Waals surface area contributed by atoms with Gasteiger partial charge in [-0.05, 0) is 24.6 Å². The van der Waals surface area contributed by atoms with Crippen LogP contribution in [0, 0.1) is 0 Å². The number of hydrogen-bond acceptors (Lipinski definition) is 6. The van der Waals surface area contributed by atoms with Crippen LogP contribution in [0.5, 0.6) is 5.75 Å². The van der Waals surface area contributed by atoms with Gasteiger partial charge in [0.25, 0.3) is 0 Å². The number of aromatic nitrogens is 1. The Labute approximate surface area is 178 Å². The summed E-state index contributed by atoms with van der Waals surface area (Å²) < 4.78 is 11.5. The quantitative estimate of drug-likeness (QED) is 0.784. The van der Waals surface area contributed by atoms with E-state index < -0.39 is 0 Å². The van der Waals surface area contributed by atoms with Crippen molar-refractivity contribution in [1.29, 1.82) is 0 Å². The van der Waals surface area contributed by atoms with Gasteiger partial charge in [0.05, 0.1) is 25.8 Å². The summed E-state index contributed by atoms with van der Waals surface area (Å²) in [5.74, 6) is 0.945. The highest BCUT2D eigenvalue weighted by Crippen LogP contribution is 2.24. The second kappa shape index (κ2) is 10.0. The van der Waals surface area contributed by atoms with Crippen molar-refractivity contribution in [2.45, 2.75) is 25.6 Å². The van der Waals surface area contributed by atoms with Crippen molar-refractivity contribution >= 4 is 5.91 Å². The van der Waals surface area contributed by atoms with Crippen LogP contribution in [-0.4, -0.2) is 72.7 Å². The van der Waals surface area contributed by atoms with E-state index >= 15 is 0 Å². The van der Waals surface area contributed by atoms with Crippen LogP contribution in [0.2, 0.25) is 0 Å². The van der Waals surface area contributed by atoms with Gasteiger partial charge < -0.3 is 14.8 Å². The van der Waals surface area contributed by atoms with Crippen LogP contribution in [0.3, 0.4) is 0 Å². The highest BCUT2D eigenvalue weighted by Gasteiger charge is 2.25. The maximum Gasteiger partial charge on any atom is 0.234 e. The van der Waals surface area contributed by atoms with E-state index in [-0.39, 0.29) is 18.1 Å². The summed E-state index contributed by atoms with van der Waals surface area (Å²) in [6.45, 7) is 7.53. The fraction of sp³-hybridized carbons (Fsp3) is 0.478. The van der Waals surface area contributed by atoms with Crippen molar-refractivity contribution in [3.8, 4) is 5.75 Å². The minimum atomic E-state index is 0.0312. The van der Waals surface area contributed by atoms with E-state index in [0.29, 0.717) is 19.6 Å². The molecule has 1 aromatic carbocycles. The lowest BCUT2D eigenvalue weighted by Gasteiger charge is -2.34. The zero-order valence-corrected chi connectivity index (χ0v) is 17.5. The van der Waals surface area contributed by atoms with E-state index in [2.05, 4.69) is 32.2 Å². The number of carbonyl (C=O) groups excluding carboxylic acids is 1. The molecule has 0 spiro atoms. The lowest BCUT2D eigenvalue weighted by Crippen LogP contribution is -2.46. The molecule has 0 saturated carbocycles. The van der Waals surface area contributed by atoms with Gasteiger partial charge in [-0.15, -0.1) is 0 Å². The predicted octanol–water partition coefficient (Wildman–Crippen LogP) is 1.85. The number of morpholine rings is 1. The van der Waals surface area contributed by atoms with Gasteiger partial charge in [-0.2, -0.15) is 0 Å². The topological polar surface area (TPSA) is 66.9 Å². The molecule has 2 atom stereocenters. The van der Waals surface area contributed by atoms with E-state index in [1.165, 1.54) is 0 Å². The molecule has 30 heavy (non-hydrogen) atoms. The third-order valence-corrected chi connectivity index (χ3v) is 5.63. The number of nitrogens with one attached hydrogen (secondary N) is 1. The minimum Gasteiger partial charge on any atom is -0.489 e. The molecule has 0 radical (unpaired) electrons. The summed E-state index contributed by atoms with van der Waals surface area (Å²) in [4.78, 5) is 21.6. The molecule has 0 aliphatic carbocycles. The highest BCUT2D eigenvalue weighted by atomic mass is 16.5. The summed E-state index contributed by atoms with van der Waals surface area (Å²) in [5.41, 5.74) is 2.24. The maximum absolute atomic E-state index is 12.8. The van der Waals surface area contributed by atoms with Crippen LogP contribution in [0.15, 0.2) is 48.8 Å². The largest absolute Gasteiger partial charge is 0.489 e. The Morgan fingerprint density at radius 1 is 1.23 bits per heavy atom. The Morgan fingerprint density at radius 2 is 2.07 bits per heavy atom. The molecular formula is C23H30N4O3. The van der Waals surface area contributed by atoms with Gasteiger partial charge in [-0.1, -0.05) is 24.3 Å². The van der Waals surface area contributed by atoms with Crippen LogP contribution in [0.25, 0.3) is 0 Å². The smallest absolute Gasteiger partial charge is 0.234 e. The number of rotatable bonds is 6. The summed E-state index contributed by atoms with van der Waals surface area (Å²) in [5, 5.41) is 3.15. The van der Waals surface area contributed by atoms with Crippen LogP contribution in [0.1, 0.15) is 24.1 Å². The molecule has 160 valence electrons. The first-order valence-corrected chi connectivity index (χ1v) is 10.6. The lowest BCUT2D eigenvalue weighted by molar-refractivity contribution is -0.122. The van der Waals surface area contributed by atoms with E-state index in [4.69, 9.17) is 9.47 Å². The van der Waals surface area contributed by atoms with Crippen LogP contribution in [0.4, 0.5) is 0 Å². The summed E-state index contributed by atoms with van der Waals surface area (Å²) in [6, 6.07) is 12.2. The van der Waals surface area contributed by atoms with Gasteiger partial charge in [0.2, 0.25) is 5.91 Å². The summed E-state index contributed by atoms with van der Waals surface area (Å²) in [7, 11) is 0. The molecule has 1 aromatic heterocycles. The van der Waals surface area contributed by atoms with Gasteiger partial charge in [0.15, 0.2) is 0 Å². The molecule has 1 amide bonds. The highest BCUT2D eigenvalue weighted by molar-refractivity contribution is 5.78. The first-order valence-electron chi connectivity index (χ1n) is 10.6. The number of para-hydroxylation sites is 1. The SMILES string of the molecule is C[C@@H]1CN(CC(=O)NC[C@@H](c2cccnc2)N2CCOCC2)Cc2ccccc2O1. The van der Waals surface area contributed by atoms with Crippen LogP contribution in [-0.2, 0) is 16.1 Å². The van der Waals surface area contributed by atoms with E-state index in [0.717, 1.165) is 49.7 Å². The van der Waals surface area contributed by atoms with E-state index in [9.17, 15) is 4.79 Å². The number of hydrogen-bond donors (Lipinski definition) is 1. The normalized spacial score (nSPS) is 21.2. The molecule has 0 unspecified atom stereocenters. The van der Waals surface area contributed by atoms with Gasteiger partial charge >= 0.3 is 0 Å². The number of fused-ring (bicyclic) bond motifs is 1. The third kappa shape index (κ3) is 5.36. The molecule has 4 rings (SSSR count). The molecule has 1 N–H and O–H groups in total. The van der Waals surface area contributed by atoms with Crippen LogP contribution < -0.4 is 10.1 Å². The molecule has 7 nitrogen and oxygen atoms in total. The van der Waals surface area contributed by atoms with Gasteiger partial charge in [-0.3, -0.25) is 19.6 Å². The van der Waals surface area contributed by atoms with Crippen molar-refractivity contribution in [3.05, 3.63) is 59.9 Å². The lowest BCUT2D eigenvalue weighted by atomic mass is 10.1. The fourth-order valence-corrected chi connectivity index (χ4v) is 4.18. The van der Waals surface area contributed by atoms with Crippen molar-refractivity contribution in [3.63, 3.8) is 0 Å². The Bertz CT molecular complexity index is 826. The molecule has 2 aliphatic rings. The van der Waals surface area contributed by atoms with Gasteiger partial charge in [0.1, 0.15) is 11.9 Å². The molecular weight excluding hydrogens is 380 g/mol. The number of benzene rings is 1. The monoisotopic (exact) mass is 410 g/mol. The Hall–Kier alpha value is -2.48. The predicted molar refractivity (Wildman–Crippen MR) is 114 cm³/mol. The first kappa shape index (κ1) is 20.8. The molecule has 0 bridgehead atoms. The summed E-state index contributed by atoms with van der Waals surface area (Å²) >= 11 is 0. The maximum atomic E-state index is 12.8. The number of pyridine rings is 1. The standard InChI is InChI=1S/C23H30N4O3/c1-18-15-26(16-20-5-2-3-7-22(20)30-18)17-23(28)25-14-21(19-6-4-8-24-13-19)27-9-11-29-12-10-27/h2-8,13,18,21H,9-12,14-17H2,1H3,(H,25,28)/t18-,21+/m1/s1. The average molecular weight is 411 g/mol.